The Hall–Kier alpha value is -1.12. The van der Waals surface area contributed by atoms with E-state index in [1.54, 1.807) is 6.07 Å². The molecular weight excluding hydrogens is 410 g/mol. The molecule has 1 aromatic carbocycles. The lowest BCUT2D eigenvalue weighted by Crippen LogP contribution is -2.34. The highest BCUT2D eigenvalue weighted by Crippen LogP contribution is 2.52. The first-order valence-corrected chi connectivity index (χ1v) is 10.9. The first-order valence-electron chi connectivity index (χ1n) is 9.26. The quantitative estimate of drug-likeness (QED) is 0.520. The lowest BCUT2D eigenvalue weighted by atomic mass is 9.80. The van der Waals surface area contributed by atoms with Crippen LogP contribution in [0.5, 0.6) is 0 Å². The number of hydrogen-bond donors (Lipinski definition) is 0. The SMILES string of the molecule is CN1CCC(C2CC(SC(F)(F)F)=CC3=C2Sc2ccc(F)cc2CO3)CC1. The van der Waals surface area contributed by atoms with Gasteiger partial charge in [0.2, 0.25) is 0 Å². The van der Waals surface area contributed by atoms with Gasteiger partial charge in [-0.1, -0.05) is 11.8 Å². The number of fused-ring (bicyclic) bond motifs is 1. The number of allylic oxidation sites excluding steroid dienone is 3. The summed E-state index contributed by atoms with van der Waals surface area (Å²) < 4.78 is 58.6. The summed E-state index contributed by atoms with van der Waals surface area (Å²) in [6.07, 6.45) is 3.83. The van der Waals surface area contributed by atoms with Crippen molar-refractivity contribution in [2.75, 3.05) is 20.1 Å². The Kier molecular flexibility index (Phi) is 5.73. The molecule has 2 nitrogen and oxygen atoms in total. The van der Waals surface area contributed by atoms with E-state index in [2.05, 4.69) is 11.9 Å². The number of piperidine rings is 1. The number of thioether (sulfide) groups is 2. The van der Waals surface area contributed by atoms with E-state index >= 15 is 0 Å². The van der Waals surface area contributed by atoms with Crippen LogP contribution in [-0.4, -0.2) is 30.5 Å². The van der Waals surface area contributed by atoms with E-state index in [1.807, 2.05) is 0 Å². The lowest BCUT2D eigenvalue weighted by molar-refractivity contribution is -0.0323. The molecule has 0 radical (unpaired) electrons. The number of hydrogen-bond acceptors (Lipinski definition) is 4. The van der Waals surface area contributed by atoms with E-state index in [1.165, 1.54) is 30.0 Å². The van der Waals surface area contributed by atoms with Crippen molar-refractivity contribution in [3.05, 3.63) is 51.2 Å². The summed E-state index contributed by atoms with van der Waals surface area (Å²) in [5.41, 5.74) is -3.58. The molecule has 152 valence electrons. The van der Waals surface area contributed by atoms with Gasteiger partial charge in [0.05, 0.1) is 0 Å². The van der Waals surface area contributed by atoms with Gasteiger partial charge in [0.1, 0.15) is 18.2 Å². The van der Waals surface area contributed by atoms with Crippen molar-refractivity contribution in [2.24, 2.45) is 11.8 Å². The van der Waals surface area contributed by atoms with Crippen LogP contribution in [0.2, 0.25) is 0 Å². The van der Waals surface area contributed by atoms with Gasteiger partial charge in [0.15, 0.2) is 0 Å². The summed E-state index contributed by atoms with van der Waals surface area (Å²) in [5.74, 6) is 0.499. The molecule has 1 saturated heterocycles. The average Bonchev–Trinajstić information content (AvgIpc) is 2.80. The number of likely N-dealkylation sites (tertiary alicyclic amines) is 1. The van der Waals surface area contributed by atoms with Gasteiger partial charge < -0.3 is 9.64 Å². The maximum Gasteiger partial charge on any atom is 0.446 e. The van der Waals surface area contributed by atoms with Crippen LogP contribution in [0.4, 0.5) is 17.6 Å². The summed E-state index contributed by atoms with van der Waals surface area (Å²) in [5, 5.41) is 0. The summed E-state index contributed by atoms with van der Waals surface area (Å²) in [7, 11) is 2.07. The van der Waals surface area contributed by atoms with Crippen molar-refractivity contribution in [2.45, 2.75) is 36.3 Å². The van der Waals surface area contributed by atoms with Crippen LogP contribution >= 0.6 is 23.5 Å². The number of nitrogens with zero attached hydrogens (tertiary/aromatic N) is 1. The molecule has 0 saturated carbocycles. The second-order valence-corrected chi connectivity index (χ2v) is 9.76. The molecule has 2 heterocycles. The average molecular weight is 432 g/mol. The van der Waals surface area contributed by atoms with E-state index in [9.17, 15) is 17.6 Å². The topological polar surface area (TPSA) is 12.5 Å². The van der Waals surface area contributed by atoms with Crippen LogP contribution in [-0.2, 0) is 11.3 Å². The Morgan fingerprint density at radius 3 is 2.68 bits per heavy atom. The van der Waals surface area contributed by atoms with Crippen LogP contribution in [0.3, 0.4) is 0 Å². The number of alkyl halides is 3. The number of halogens is 4. The van der Waals surface area contributed by atoms with E-state index in [-0.39, 0.29) is 30.1 Å². The molecule has 8 heteroatoms. The molecule has 1 aromatic rings. The van der Waals surface area contributed by atoms with Crippen LogP contribution in [0.15, 0.2) is 44.7 Å². The molecular formula is C20H21F4NOS2. The van der Waals surface area contributed by atoms with E-state index < -0.39 is 5.51 Å². The molecule has 1 atom stereocenters. The van der Waals surface area contributed by atoms with E-state index in [4.69, 9.17) is 4.74 Å². The second kappa shape index (κ2) is 7.95. The highest BCUT2D eigenvalue weighted by Gasteiger charge is 2.39. The first kappa shape index (κ1) is 20.2. The normalized spacial score (nSPS) is 24.2. The Balaban J connectivity index is 1.67. The van der Waals surface area contributed by atoms with Crippen LogP contribution in [0.1, 0.15) is 24.8 Å². The molecule has 3 aliphatic rings. The van der Waals surface area contributed by atoms with Gasteiger partial charge >= 0.3 is 5.51 Å². The minimum absolute atomic E-state index is 0.000414. The summed E-state index contributed by atoms with van der Waals surface area (Å²) in [4.78, 5) is 4.47. The minimum Gasteiger partial charge on any atom is -0.488 e. The first-order chi connectivity index (χ1) is 13.3. The molecule has 0 amide bonds. The number of ether oxygens (including phenoxy) is 1. The fraction of sp³-hybridized carbons (Fsp3) is 0.500. The van der Waals surface area contributed by atoms with Crippen LogP contribution in [0, 0.1) is 17.7 Å². The zero-order valence-corrected chi connectivity index (χ0v) is 17.0. The maximum atomic E-state index is 13.6. The number of rotatable bonds is 2. The van der Waals surface area contributed by atoms with Crippen LogP contribution < -0.4 is 0 Å². The van der Waals surface area contributed by atoms with Gasteiger partial charge in [-0.25, -0.2) is 4.39 Å². The van der Waals surface area contributed by atoms with Crippen molar-refractivity contribution in [3.63, 3.8) is 0 Å². The monoisotopic (exact) mass is 431 g/mol. The standard InChI is InChI=1S/C20H21F4NOS2/c1-25-6-4-12(5-7-25)16-9-15(28-20(22,23)24)10-17-19(16)27-18-3-2-14(21)8-13(18)11-26-17/h2-3,8,10,12,16H,4-7,9,11H2,1H3. The molecule has 4 rings (SSSR count). The van der Waals surface area contributed by atoms with Crippen LogP contribution in [0.25, 0.3) is 0 Å². The van der Waals surface area contributed by atoms with Gasteiger partial charge in [-0.15, -0.1) is 0 Å². The van der Waals surface area contributed by atoms with Gasteiger partial charge in [0, 0.05) is 21.3 Å². The Bertz CT molecular complexity index is 813. The van der Waals surface area contributed by atoms with Gasteiger partial charge in [-0.2, -0.15) is 13.2 Å². The smallest absolute Gasteiger partial charge is 0.446 e. The third kappa shape index (κ3) is 4.54. The second-order valence-electron chi connectivity index (χ2n) is 7.48. The highest BCUT2D eigenvalue weighted by molar-refractivity contribution is 8.04. The molecule has 0 aromatic heterocycles. The van der Waals surface area contributed by atoms with Gasteiger partial charge in [-0.3, -0.25) is 0 Å². The molecule has 1 fully saturated rings. The molecule has 28 heavy (non-hydrogen) atoms. The van der Waals surface area contributed by atoms with E-state index in [0.717, 1.165) is 41.3 Å². The van der Waals surface area contributed by atoms with Crippen molar-refractivity contribution in [1.82, 2.24) is 4.90 Å². The fourth-order valence-electron chi connectivity index (χ4n) is 4.07. The predicted octanol–water partition coefficient (Wildman–Crippen LogP) is 6.16. The third-order valence-electron chi connectivity index (χ3n) is 5.50. The summed E-state index contributed by atoms with van der Waals surface area (Å²) in [6.45, 7) is 2.06. The predicted molar refractivity (Wildman–Crippen MR) is 104 cm³/mol. The Labute approximate surface area is 170 Å². The van der Waals surface area contributed by atoms with Gasteiger partial charge in [0.25, 0.3) is 0 Å². The van der Waals surface area contributed by atoms with Crippen molar-refractivity contribution >= 4 is 23.5 Å². The largest absolute Gasteiger partial charge is 0.488 e. The minimum atomic E-state index is -4.31. The van der Waals surface area contributed by atoms with E-state index in [0.29, 0.717) is 23.0 Å². The van der Waals surface area contributed by atoms with Crippen molar-refractivity contribution < 1.29 is 22.3 Å². The van der Waals surface area contributed by atoms with Crippen molar-refractivity contribution in [1.29, 1.82) is 0 Å². The van der Waals surface area contributed by atoms with Crippen molar-refractivity contribution in [3.8, 4) is 0 Å². The molecule has 0 bridgehead atoms. The summed E-state index contributed by atoms with van der Waals surface area (Å²) >= 11 is 1.49. The lowest BCUT2D eigenvalue weighted by Gasteiger charge is -2.37. The Morgan fingerprint density at radius 2 is 1.96 bits per heavy atom. The molecule has 0 spiro atoms. The maximum absolute atomic E-state index is 13.6. The molecule has 1 unspecified atom stereocenters. The molecule has 1 aliphatic carbocycles. The zero-order chi connectivity index (χ0) is 19.9. The van der Waals surface area contributed by atoms with Gasteiger partial charge in [-0.05, 0) is 86.3 Å². The summed E-state index contributed by atoms with van der Waals surface area (Å²) in [6, 6.07) is 4.61. The third-order valence-corrected chi connectivity index (χ3v) is 7.62. The fourth-order valence-corrected chi connectivity index (χ4v) is 6.07. The highest BCUT2D eigenvalue weighted by atomic mass is 32.2. The number of benzene rings is 1. The molecule has 2 aliphatic heterocycles. The molecule has 0 N–H and O–H groups in total. The zero-order valence-electron chi connectivity index (χ0n) is 15.4. The Morgan fingerprint density at radius 1 is 1.21 bits per heavy atom.